The summed E-state index contributed by atoms with van der Waals surface area (Å²) >= 11 is 0. The number of nitrogens with zero attached hydrogens (tertiary/aromatic N) is 2. The number of carbonyl (C=O) groups excluding carboxylic acids is 1. The van der Waals surface area contributed by atoms with Crippen LogP contribution >= 0.6 is 0 Å². The van der Waals surface area contributed by atoms with Crippen molar-refractivity contribution < 1.29 is 19.0 Å². The van der Waals surface area contributed by atoms with Gasteiger partial charge in [0.05, 0.1) is 37.1 Å². The third kappa shape index (κ3) is 2.88. The van der Waals surface area contributed by atoms with Crippen LogP contribution in [0.25, 0.3) is 0 Å². The van der Waals surface area contributed by atoms with Gasteiger partial charge in [0.15, 0.2) is 0 Å². The first-order valence-corrected chi connectivity index (χ1v) is 6.43. The summed E-state index contributed by atoms with van der Waals surface area (Å²) in [5.41, 5.74) is 0.179. The second-order valence-corrected chi connectivity index (χ2v) is 4.74. The highest BCUT2D eigenvalue weighted by Gasteiger charge is 2.31. The fourth-order valence-corrected chi connectivity index (χ4v) is 2.17. The molecule has 1 amide bonds. The predicted octanol–water partition coefficient (Wildman–Crippen LogP) is 0.484. The molecule has 1 aliphatic heterocycles. The van der Waals surface area contributed by atoms with E-state index in [1.165, 1.54) is 0 Å². The smallest absolute Gasteiger partial charge is 0.258 e. The number of pyridine rings is 1. The molecule has 2 rings (SSSR count). The Labute approximate surface area is 116 Å². The van der Waals surface area contributed by atoms with Gasteiger partial charge >= 0.3 is 0 Å². The standard InChI is InChI=1S/C13H18FN3O3/c1-8-7-20-10(6-18)5-17(8)13(19)11-3-9(14)4-16-12(11)15-2/h3-4,8,10,18H,5-7H2,1-2H3,(H,15,16). The fraction of sp³-hybridized carbons (Fsp3) is 0.538. The van der Waals surface area contributed by atoms with E-state index < -0.39 is 11.9 Å². The van der Waals surface area contributed by atoms with Crippen LogP contribution in [-0.4, -0.2) is 59.8 Å². The largest absolute Gasteiger partial charge is 0.394 e. The molecule has 1 aliphatic rings. The topological polar surface area (TPSA) is 74.7 Å². The number of morpholine rings is 1. The highest BCUT2D eigenvalue weighted by atomic mass is 19.1. The maximum absolute atomic E-state index is 13.3. The van der Waals surface area contributed by atoms with E-state index in [1.54, 1.807) is 11.9 Å². The lowest BCUT2D eigenvalue weighted by Gasteiger charge is -2.37. The van der Waals surface area contributed by atoms with E-state index in [-0.39, 0.29) is 30.7 Å². The Hall–Kier alpha value is -1.73. The maximum Gasteiger partial charge on any atom is 0.258 e. The van der Waals surface area contributed by atoms with Crippen LogP contribution in [0.4, 0.5) is 10.2 Å². The molecule has 2 unspecified atom stereocenters. The van der Waals surface area contributed by atoms with Crippen LogP contribution in [0.3, 0.4) is 0 Å². The van der Waals surface area contributed by atoms with Gasteiger partial charge in [0.2, 0.25) is 0 Å². The van der Waals surface area contributed by atoms with Crippen molar-refractivity contribution in [3.8, 4) is 0 Å². The molecule has 0 radical (unpaired) electrons. The number of anilines is 1. The number of rotatable bonds is 3. The first-order valence-electron chi connectivity index (χ1n) is 6.43. The van der Waals surface area contributed by atoms with Gasteiger partial charge in [-0.15, -0.1) is 0 Å². The molecule has 0 saturated carbocycles. The zero-order valence-corrected chi connectivity index (χ0v) is 11.5. The monoisotopic (exact) mass is 283 g/mol. The van der Waals surface area contributed by atoms with E-state index in [0.717, 1.165) is 12.3 Å². The minimum absolute atomic E-state index is 0.140. The van der Waals surface area contributed by atoms with Crippen molar-refractivity contribution in [3.05, 3.63) is 23.6 Å². The van der Waals surface area contributed by atoms with Crippen LogP contribution in [0, 0.1) is 5.82 Å². The van der Waals surface area contributed by atoms with Crippen LogP contribution < -0.4 is 5.32 Å². The van der Waals surface area contributed by atoms with Crippen molar-refractivity contribution in [2.75, 3.05) is 32.1 Å². The number of hydrogen-bond donors (Lipinski definition) is 2. The molecule has 0 aromatic carbocycles. The Balaban J connectivity index is 2.27. The first kappa shape index (κ1) is 14.7. The van der Waals surface area contributed by atoms with Crippen LogP contribution in [0.1, 0.15) is 17.3 Å². The molecule has 0 bridgehead atoms. The molecule has 1 saturated heterocycles. The molecular formula is C13H18FN3O3. The van der Waals surface area contributed by atoms with Crippen molar-refractivity contribution in [2.45, 2.75) is 19.1 Å². The van der Waals surface area contributed by atoms with Gasteiger partial charge < -0.3 is 20.1 Å². The lowest BCUT2D eigenvalue weighted by molar-refractivity contribution is -0.0667. The molecule has 1 aromatic rings. The highest BCUT2D eigenvalue weighted by Crippen LogP contribution is 2.20. The quantitative estimate of drug-likeness (QED) is 0.844. The Morgan fingerprint density at radius 1 is 1.70 bits per heavy atom. The van der Waals surface area contributed by atoms with Crippen molar-refractivity contribution in [1.29, 1.82) is 0 Å². The fourth-order valence-electron chi connectivity index (χ4n) is 2.17. The molecule has 1 fully saturated rings. The van der Waals surface area contributed by atoms with Gasteiger partial charge in [0.1, 0.15) is 11.6 Å². The average Bonchev–Trinajstić information content (AvgIpc) is 2.47. The summed E-state index contributed by atoms with van der Waals surface area (Å²) in [4.78, 5) is 18.0. The normalized spacial score (nSPS) is 22.7. The van der Waals surface area contributed by atoms with Gasteiger partial charge in [-0.25, -0.2) is 9.37 Å². The van der Waals surface area contributed by atoms with Crippen molar-refractivity contribution in [2.24, 2.45) is 0 Å². The molecule has 2 N–H and O–H groups in total. The molecule has 1 aromatic heterocycles. The summed E-state index contributed by atoms with van der Waals surface area (Å²) in [5, 5.41) is 11.9. The molecule has 7 heteroatoms. The summed E-state index contributed by atoms with van der Waals surface area (Å²) in [6, 6.07) is 1.02. The van der Waals surface area contributed by atoms with E-state index >= 15 is 0 Å². The number of nitrogens with one attached hydrogen (secondary N) is 1. The maximum atomic E-state index is 13.3. The zero-order chi connectivity index (χ0) is 14.7. The first-order chi connectivity index (χ1) is 9.56. The summed E-state index contributed by atoms with van der Waals surface area (Å²) in [6.07, 6.45) is 0.650. The molecule has 0 spiro atoms. The molecule has 2 heterocycles. The summed E-state index contributed by atoms with van der Waals surface area (Å²) in [5.74, 6) is -0.557. The van der Waals surface area contributed by atoms with E-state index in [4.69, 9.17) is 9.84 Å². The van der Waals surface area contributed by atoms with Crippen LogP contribution in [0.5, 0.6) is 0 Å². The predicted molar refractivity (Wildman–Crippen MR) is 71.1 cm³/mol. The van der Waals surface area contributed by atoms with E-state index in [0.29, 0.717) is 12.4 Å². The average molecular weight is 283 g/mol. The van der Waals surface area contributed by atoms with Gasteiger partial charge in [-0.2, -0.15) is 0 Å². The minimum atomic E-state index is -0.563. The minimum Gasteiger partial charge on any atom is -0.394 e. The van der Waals surface area contributed by atoms with Crippen molar-refractivity contribution in [1.82, 2.24) is 9.88 Å². The number of amides is 1. The van der Waals surface area contributed by atoms with E-state index in [9.17, 15) is 9.18 Å². The van der Waals surface area contributed by atoms with Gasteiger partial charge in [0.25, 0.3) is 5.91 Å². The number of ether oxygens (including phenoxy) is 1. The van der Waals surface area contributed by atoms with Gasteiger partial charge in [0, 0.05) is 13.6 Å². The van der Waals surface area contributed by atoms with Crippen molar-refractivity contribution >= 4 is 11.7 Å². The third-order valence-electron chi connectivity index (χ3n) is 3.29. The molecular weight excluding hydrogens is 265 g/mol. The molecule has 6 nitrogen and oxygen atoms in total. The third-order valence-corrected chi connectivity index (χ3v) is 3.29. The van der Waals surface area contributed by atoms with Crippen molar-refractivity contribution in [3.63, 3.8) is 0 Å². The Morgan fingerprint density at radius 3 is 3.10 bits per heavy atom. The number of aromatic nitrogens is 1. The summed E-state index contributed by atoms with van der Waals surface area (Å²) in [6.45, 7) is 2.30. The van der Waals surface area contributed by atoms with Crippen LogP contribution in [-0.2, 0) is 4.74 Å². The number of carbonyl (C=O) groups is 1. The van der Waals surface area contributed by atoms with E-state index in [2.05, 4.69) is 10.3 Å². The number of halogens is 1. The Morgan fingerprint density at radius 2 is 2.45 bits per heavy atom. The number of aliphatic hydroxyl groups is 1. The van der Waals surface area contributed by atoms with E-state index in [1.807, 2.05) is 6.92 Å². The second kappa shape index (κ2) is 6.15. The Kier molecular flexibility index (Phi) is 4.51. The summed E-state index contributed by atoms with van der Waals surface area (Å²) < 4.78 is 18.7. The van der Waals surface area contributed by atoms with Crippen LogP contribution in [0.2, 0.25) is 0 Å². The molecule has 110 valence electrons. The van der Waals surface area contributed by atoms with Gasteiger partial charge in [-0.05, 0) is 13.0 Å². The highest BCUT2D eigenvalue weighted by molar-refractivity contribution is 5.99. The lowest BCUT2D eigenvalue weighted by Crippen LogP contribution is -2.52. The molecule has 20 heavy (non-hydrogen) atoms. The lowest BCUT2D eigenvalue weighted by atomic mass is 10.1. The van der Waals surface area contributed by atoms with Gasteiger partial charge in [-0.3, -0.25) is 4.79 Å². The summed E-state index contributed by atoms with van der Waals surface area (Å²) in [7, 11) is 1.62. The number of hydrogen-bond acceptors (Lipinski definition) is 5. The molecule has 0 aliphatic carbocycles. The number of aliphatic hydroxyl groups excluding tert-OH is 1. The second-order valence-electron chi connectivity index (χ2n) is 4.74. The Bertz CT molecular complexity index is 498. The van der Waals surface area contributed by atoms with Crippen LogP contribution in [0.15, 0.2) is 12.3 Å². The van der Waals surface area contributed by atoms with Gasteiger partial charge in [-0.1, -0.05) is 0 Å². The SMILES string of the molecule is CNc1ncc(F)cc1C(=O)N1CC(CO)OCC1C. The zero-order valence-electron chi connectivity index (χ0n) is 11.5. The molecule has 2 atom stereocenters.